The van der Waals surface area contributed by atoms with E-state index in [1.807, 2.05) is 0 Å². The first-order valence-corrected chi connectivity index (χ1v) is 4.89. The Balaban J connectivity index is 3.78. The van der Waals surface area contributed by atoms with Gasteiger partial charge in [0.25, 0.3) is 0 Å². The molecule has 0 heterocycles. The van der Waals surface area contributed by atoms with Gasteiger partial charge in [-0.25, -0.2) is 0 Å². The van der Waals surface area contributed by atoms with Gasteiger partial charge in [-0.15, -0.1) is 0 Å². The molecule has 0 aromatic heterocycles. The lowest BCUT2D eigenvalue weighted by molar-refractivity contribution is -0.121. The second-order valence-corrected chi connectivity index (χ2v) is 3.27. The van der Waals surface area contributed by atoms with Crippen LogP contribution in [0.5, 0.6) is 0 Å². The van der Waals surface area contributed by atoms with E-state index in [0.29, 0.717) is 6.42 Å². The number of hydrogen-bond acceptors (Lipinski definition) is 3. The molecular weight excluding hydrogens is 182 g/mol. The van der Waals surface area contributed by atoms with Crippen molar-refractivity contribution >= 4 is 11.8 Å². The first-order chi connectivity index (χ1) is 6.57. The lowest BCUT2D eigenvalue weighted by atomic mass is 10.1. The maximum Gasteiger partial charge on any atom is 0.234 e. The van der Waals surface area contributed by atoms with E-state index in [4.69, 9.17) is 11.5 Å². The Labute approximate surface area is 84.2 Å². The summed E-state index contributed by atoms with van der Waals surface area (Å²) in [6.07, 6.45) is 2.61. The minimum Gasteiger partial charge on any atom is -0.370 e. The average Bonchev–Trinajstić information content (AvgIpc) is 2.10. The maximum absolute atomic E-state index is 10.9. The van der Waals surface area contributed by atoms with Gasteiger partial charge in [-0.05, 0) is 19.4 Å². The summed E-state index contributed by atoms with van der Waals surface area (Å²) in [5.41, 5.74) is 10.1. The van der Waals surface area contributed by atoms with Crippen LogP contribution in [-0.4, -0.2) is 24.4 Å². The van der Waals surface area contributed by atoms with E-state index < -0.39 is 17.9 Å². The van der Waals surface area contributed by atoms with Crippen LogP contribution in [-0.2, 0) is 9.59 Å². The van der Waals surface area contributed by atoms with E-state index in [1.165, 1.54) is 0 Å². The molecule has 0 aromatic carbocycles. The minimum absolute atomic E-state index is 0.187. The number of primary amides is 2. The fourth-order valence-corrected chi connectivity index (χ4v) is 1.08. The van der Waals surface area contributed by atoms with Crippen molar-refractivity contribution in [3.8, 4) is 0 Å². The SMILES string of the molecule is CCCCNC(CCC(N)=O)C(N)=O. The van der Waals surface area contributed by atoms with Crippen molar-refractivity contribution in [1.29, 1.82) is 0 Å². The van der Waals surface area contributed by atoms with E-state index in [-0.39, 0.29) is 6.42 Å². The van der Waals surface area contributed by atoms with Crippen molar-refractivity contribution in [3.63, 3.8) is 0 Å². The smallest absolute Gasteiger partial charge is 0.234 e. The Bertz CT molecular complexity index is 194. The second kappa shape index (κ2) is 7.32. The summed E-state index contributed by atoms with van der Waals surface area (Å²) >= 11 is 0. The Morgan fingerprint density at radius 2 is 2.00 bits per heavy atom. The number of carbonyl (C=O) groups is 2. The first-order valence-electron chi connectivity index (χ1n) is 4.89. The topological polar surface area (TPSA) is 98.2 Å². The second-order valence-electron chi connectivity index (χ2n) is 3.27. The molecule has 0 rings (SSSR count). The molecule has 0 saturated carbocycles. The number of nitrogens with one attached hydrogen (secondary N) is 1. The highest BCUT2D eigenvalue weighted by Gasteiger charge is 2.14. The molecule has 0 aliphatic rings. The number of unbranched alkanes of at least 4 members (excludes halogenated alkanes) is 1. The summed E-state index contributed by atoms with van der Waals surface area (Å²) in [5, 5.41) is 2.99. The standard InChI is InChI=1S/C9H19N3O2/c1-2-3-6-12-7(9(11)14)4-5-8(10)13/h7,12H,2-6H2,1H3,(H2,10,13)(H2,11,14). The molecule has 0 aliphatic heterocycles. The van der Waals surface area contributed by atoms with Crippen molar-refractivity contribution in [2.75, 3.05) is 6.54 Å². The van der Waals surface area contributed by atoms with Crippen LogP contribution in [0, 0.1) is 0 Å². The Morgan fingerprint density at radius 3 is 2.43 bits per heavy atom. The molecule has 0 spiro atoms. The third-order valence-corrected chi connectivity index (χ3v) is 1.94. The maximum atomic E-state index is 10.9. The van der Waals surface area contributed by atoms with Gasteiger partial charge in [0.2, 0.25) is 11.8 Å². The quantitative estimate of drug-likeness (QED) is 0.461. The fraction of sp³-hybridized carbons (Fsp3) is 0.778. The molecule has 2 amide bonds. The van der Waals surface area contributed by atoms with Gasteiger partial charge in [0.15, 0.2) is 0 Å². The molecule has 5 heteroatoms. The van der Waals surface area contributed by atoms with E-state index in [0.717, 1.165) is 19.4 Å². The third-order valence-electron chi connectivity index (χ3n) is 1.94. The lowest BCUT2D eigenvalue weighted by Gasteiger charge is -2.13. The van der Waals surface area contributed by atoms with Gasteiger partial charge in [0.05, 0.1) is 6.04 Å². The minimum atomic E-state index is -0.436. The van der Waals surface area contributed by atoms with Crippen molar-refractivity contribution < 1.29 is 9.59 Å². The van der Waals surface area contributed by atoms with Gasteiger partial charge in [-0.3, -0.25) is 9.59 Å². The lowest BCUT2D eigenvalue weighted by Crippen LogP contribution is -2.42. The molecule has 0 radical (unpaired) electrons. The van der Waals surface area contributed by atoms with Crippen LogP contribution in [0.1, 0.15) is 32.6 Å². The van der Waals surface area contributed by atoms with Gasteiger partial charge in [0.1, 0.15) is 0 Å². The third kappa shape index (κ3) is 6.42. The van der Waals surface area contributed by atoms with Gasteiger partial charge >= 0.3 is 0 Å². The monoisotopic (exact) mass is 201 g/mol. The molecule has 14 heavy (non-hydrogen) atoms. The first kappa shape index (κ1) is 12.9. The summed E-state index contributed by atoms with van der Waals surface area (Å²) < 4.78 is 0. The summed E-state index contributed by atoms with van der Waals surface area (Å²) in [6, 6.07) is -0.436. The highest BCUT2D eigenvalue weighted by atomic mass is 16.1. The summed E-state index contributed by atoms with van der Waals surface area (Å²) in [4.78, 5) is 21.4. The van der Waals surface area contributed by atoms with Crippen LogP contribution in [0.4, 0.5) is 0 Å². The Morgan fingerprint density at radius 1 is 1.36 bits per heavy atom. The predicted molar refractivity (Wildman–Crippen MR) is 54.3 cm³/mol. The van der Waals surface area contributed by atoms with Crippen LogP contribution >= 0.6 is 0 Å². The number of amides is 2. The highest BCUT2D eigenvalue weighted by Crippen LogP contribution is 1.96. The normalized spacial score (nSPS) is 12.4. The van der Waals surface area contributed by atoms with Crippen molar-refractivity contribution in [2.45, 2.75) is 38.6 Å². The molecule has 1 unspecified atom stereocenters. The van der Waals surface area contributed by atoms with E-state index in [2.05, 4.69) is 12.2 Å². The van der Waals surface area contributed by atoms with E-state index in [1.54, 1.807) is 0 Å². The van der Waals surface area contributed by atoms with Crippen molar-refractivity contribution in [1.82, 2.24) is 5.32 Å². The zero-order valence-electron chi connectivity index (χ0n) is 8.58. The van der Waals surface area contributed by atoms with Crippen molar-refractivity contribution in [2.24, 2.45) is 11.5 Å². The number of carbonyl (C=O) groups excluding carboxylic acids is 2. The molecule has 0 aromatic rings. The molecule has 0 fully saturated rings. The van der Waals surface area contributed by atoms with Crippen molar-refractivity contribution in [3.05, 3.63) is 0 Å². The number of nitrogens with two attached hydrogens (primary N) is 2. The zero-order chi connectivity index (χ0) is 11.0. The molecule has 1 atom stereocenters. The largest absolute Gasteiger partial charge is 0.370 e. The zero-order valence-corrected chi connectivity index (χ0v) is 8.58. The van der Waals surface area contributed by atoms with Gasteiger partial charge in [-0.1, -0.05) is 13.3 Å². The number of hydrogen-bond donors (Lipinski definition) is 3. The Kier molecular flexibility index (Phi) is 6.74. The van der Waals surface area contributed by atoms with Crippen LogP contribution < -0.4 is 16.8 Å². The predicted octanol–water partition coefficient (Wildman–Crippen LogP) is -0.504. The molecule has 0 bridgehead atoms. The van der Waals surface area contributed by atoms with Crippen LogP contribution in [0.25, 0.3) is 0 Å². The fourth-order valence-electron chi connectivity index (χ4n) is 1.08. The van der Waals surface area contributed by atoms with Gasteiger partial charge in [0, 0.05) is 6.42 Å². The average molecular weight is 201 g/mol. The van der Waals surface area contributed by atoms with Crippen LogP contribution in [0.2, 0.25) is 0 Å². The molecule has 0 aliphatic carbocycles. The van der Waals surface area contributed by atoms with E-state index in [9.17, 15) is 9.59 Å². The van der Waals surface area contributed by atoms with Crippen LogP contribution in [0.15, 0.2) is 0 Å². The van der Waals surface area contributed by atoms with E-state index >= 15 is 0 Å². The molecule has 5 N–H and O–H groups in total. The molecular formula is C9H19N3O2. The van der Waals surface area contributed by atoms with Gasteiger partial charge in [-0.2, -0.15) is 0 Å². The number of rotatable bonds is 8. The summed E-state index contributed by atoms with van der Waals surface area (Å²) in [5.74, 6) is -0.837. The highest BCUT2D eigenvalue weighted by molar-refractivity contribution is 5.81. The summed E-state index contributed by atoms with van der Waals surface area (Å²) in [6.45, 7) is 2.80. The molecule has 82 valence electrons. The Hall–Kier alpha value is -1.10. The van der Waals surface area contributed by atoms with Gasteiger partial charge < -0.3 is 16.8 Å². The molecule has 0 saturated heterocycles. The summed E-state index contributed by atoms with van der Waals surface area (Å²) in [7, 11) is 0. The van der Waals surface area contributed by atoms with Crippen LogP contribution in [0.3, 0.4) is 0 Å². The molecule has 5 nitrogen and oxygen atoms in total.